The van der Waals surface area contributed by atoms with Crippen molar-refractivity contribution in [1.29, 1.82) is 0 Å². The Hall–Kier alpha value is -1.53. The van der Waals surface area contributed by atoms with E-state index in [0.29, 0.717) is 6.42 Å². The third kappa shape index (κ3) is 2.98. The molecule has 7 heteroatoms. The third-order valence-electron chi connectivity index (χ3n) is 3.75. The number of rotatable bonds is 3. The van der Waals surface area contributed by atoms with E-state index in [1.54, 1.807) is 0 Å². The standard InChI is InChI=1S/C15H15ClO5S/c1-8-12(22(2,20)21)7-6-9(14(8)16)15(19)13-10(17)4-3-5-11(13)18/h6-7,13H,3-5H2,1-2H3. The number of halogens is 1. The molecule has 1 aromatic rings. The molecule has 0 N–H and O–H groups in total. The van der Waals surface area contributed by atoms with E-state index < -0.39 is 33.1 Å². The smallest absolute Gasteiger partial charge is 0.182 e. The lowest BCUT2D eigenvalue weighted by atomic mass is 9.81. The second-order valence-electron chi connectivity index (χ2n) is 5.41. The van der Waals surface area contributed by atoms with Gasteiger partial charge < -0.3 is 0 Å². The molecule has 0 bridgehead atoms. The van der Waals surface area contributed by atoms with Crippen LogP contribution in [0.3, 0.4) is 0 Å². The molecule has 5 nitrogen and oxygen atoms in total. The zero-order valence-electron chi connectivity index (χ0n) is 12.2. The minimum absolute atomic E-state index is 0.0140. The fraction of sp³-hybridized carbons (Fsp3) is 0.400. The maximum absolute atomic E-state index is 12.5. The summed E-state index contributed by atoms with van der Waals surface area (Å²) in [6.45, 7) is 1.49. The molecule has 0 amide bonds. The van der Waals surface area contributed by atoms with E-state index in [9.17, 15) is 22.8 Å². The summed E-state index contributed by atoms with van der Waals surface area (Å²) >= 11 is 6.11. The highest BCUT2D eigenvalue weighted by molar-refractivity contribution is 7.90. The van der Waals surface area contributed by atoms with Crippen LogP contribution in [0.2, 0.25) is 5.02 Å². The minimum Gasteiger partial charge on any atom is -0.298 e. The van der Waals surface area contributed by atoms with Gasteiger partial charge in [0.25, 0.3) is 0 Å². The van der Waals surface area contributed by atoms with E-state index in [1.165, 1.54) is 19.1 Å². The van der Waals surface area contributed by atoms with Crippen LogP contribution in [0.25, 0.3) is 0 Å². The Morgan fingerprint density at radius 1 is 1.18 bits per heavy atom. The SMILES string of the molecule is Cc1c(S(C)(=O)=O)ccc(C(=O)C2C(=O)CCCC2=O)c1Cl. The van der Waals surface area contributed by atoms with Gasteiger partial charge in [0, 0.05) is 24.7 Å². The number of Topliss-reactive ketones (excluding diaryl/α,β-unsaturated/α-hetero) is 3. The number of benzene rings is 1. The van der Waals surface area contributed by atoms with Gasteiger partial charge in [0.15, 0.2) is 27.2 Å². The quantitative estimate of drug-likeness (QED) is 0.620. The number of carbonyl (C=O) groups is 3. The molecule has 0 saturated heterocycles. The fourth-order valence-corrected chi connectivity index (χ4v) is 3.90. The van der Waals surface area contributed by atoms with Crippen LogP contribution in [0.4, 0.5) is 0 Å². The van der Waals surface area contributed by atoms with Gasteiger partial charge in [-0.15, -0.1) is 0 Å². The molecule has 0 atom stereocenters. The van der Waals surface area contributed by atoms with Gasteiger partial charge in [0.1, 0.15) is 5.92 Å². The van der Waals surface area contributed by atoms with Crippen LogP contribution >= 0.6 is 11.6 Å². The molecule has 0 aromatic heterocycles. The number of sulfone groups is 1. The van der Waals surface area contributed by atoms with Gasteiger partial charge in [-0.2, -0.15) is 0 Å². The monoisotopic (exact) mass is 342 g/mol. The predicted molar refractivity (Wildman–Crippen MR) is 81.0 cm³/mol. The fourth-order valence-electron chi connectivity index (χ4n) is 2.61. The number of carbonyl (C=O) groups excluding carboxylic acids is 3. The van der Waals surface area contributed by atoms with Crippen LogP contribution in [0.1, 0.15) is 35.2 Å². The molecule has 1 aliphatic rings. The molecule has 22 heavy (non-hydrogen) atoms. The van der Waals surface area contributed by atoms with Crippen LogP contribution < -0.4 is 0 Å². The summed E-state index contributed by atoms with van der Waals surface area (Å²) < 4.78 is 23.3. The van der Waals surface area contributed by atoms with Gasteiger partial charge in [-0.3, -0.25) is 14.4 Å². The zero-order chi connectivity index (χ0) is 16.7. The average Bonchev–Trinajstić information content (AvgIpc) is 2.40. The normalized spacial score (nSPS) is 16.9. The molecule has 0 radical (unpaired) electrons. The van der Waals surface area contributed by atoms with Crippen LogP contribution in [0.5, 0.6) is 0 Å². The van der Waals surface area contributed by atoms with Crippen molar-refractivity contribution in [3.8, 4) is 0 Å². The lowest BCUT2D eigenvalue weighted by Gasteiger charge is -2.19. The van der Waals surface area contributed by atoms with Gasteiger partial charge in [-0.1, -0.05) is 11.6 Å². The van der Waals surface area contributed by atoms with E-state index in [0.717, 1.165) is 6.26 Å². The first-order valence-electron chi connectivity index (χ1n) is 6.73. The largest absolute Gasteiger partial charge is 0.298 e. The van der Waals surface area contributed by atoms with E-state index in [4.69, 9.17) is 11.6 Å². The zero-order valence-corrected chi connectivity index (χ0v) is 13.8. The molecule has 2 rings (SSSR count). The van der Waals surface area contributed by atoms with Gasteiger partial charge in [0.05, 0.1) is 9.92 Å². The summed E-state index contributed by atoms with van der Waals surface area (Å²) in [5.41, 5.74) is 0.255. The van der Waals surface area contributed by atoms with Crippen LogP contribution in [-0.2, 0) is 19.4 Å². The van der Waals surface area contributed by atoms with Gasteiger partial charge in [-0.05, 0) is 31.0 Å². The molecule has 1 aliphatic carbocycles. The Morgan fingerprint density at radius 3 is 2.23 bits per heavy atom. The van der Waals surface area contributed by atoms with Crippen LogP contribution in [-0.4, -0.2) is 32.0 Å². The van der Waals surface area contributed by atoms with Crippen molar-refractivity contribution in [2.24, 2.45) is 5.92 Å². The minimum atomic E-state index is -3.47. The lowest BCUT2D eigenvalue weighted by Crippen LogP contribution is -2.35. The first-order chi connectivity index (χ1) is 10.1. The summed E-state index contributed by atoms with van der Waals surface area (Å²) in [6, 6.07) is 2.55. The highest BCUT2D eigenvalue weighted by Gasteiger charge is 2.37. The summed E-state index contributed by atoms with van der Waals surface area (Å²) in [7, 11) is -3.47. The molecule has 118 valence electrons. The number of hydrogen-bond donors (Lipinski definition) is 0. The lowest BCUT2D eigenvalue weighted by molar-refractivity contribution is -0.133. The van der Waals surface area contributed by atoms with Gasteiger partial charge in [-0.25, -0.2) is 8.42 Å². The topological polar surface area (TPSA) is 85.3 Å². The summed E-state index contributed by atoms with van der Waals surface area (Å²) in [5, 5.41) is -0.0286. The predicted octanol–water partition coefficient (Wildman–Crippen LogP) is 2.17. The Bertz CT molecular complexity index is 763. The summed E-state index contributed by atoms with van der Waals surface area (Å²) in [6.07, 6.45) is 1.89. The molecule has 1 fully saturated rings. The highest BCUT2D eigenvalue weighted by atomic mass is 35.5. The van der Waals surface area contributed by atoms with Crippen molar-refractivity contribution in [2.75, 3.05) is 6.26 Å². The molecular formula is C15H15ClO5S. The van der Waals surface area contributed by atoms with Crippen molar-refractivity contribution in [2.45, 2.75) is 31.1 Å². The molecule has 0 unspecified atom stereocenters. The number of ketones is 3. The molecule has 1 saturated carbocycles. The van der Waals surface area contributed by atoms with E-state index in [1.807, 2.05) is 0 Å². The summed E-state index contributed by atoms with van der Waals surface area (Å²) in [4.78, 5) is 36.2. The van der Waals surface area contributed by atoms with Crippen molar-refractivity contribution < 1.29 is 22.8 Å². The summed E-state index contributed by atoms with van der Waals surface area (Å²) in [5.74, 6) is -2.76. The molecule has 1 aromatic carbocycles. The highest BCUT2D eigenvalue weighted by Crippen LogP contribution is 2.30. The van der Waals surface area contributed by atoms with E-state index in [2.05, 4.69) is 0 Å². The molecule has 0 aliphatic heterocycles. The second kappa shape index (κ2) is 5.93. The van der Waals surface area contributed by atoms with Crippen molar-refractivity contribution in [3.05, 3.63) is 28.3 Å². The number of hydrogen-bond acceptors (Lipinski definition) is 5. The second-order valence-corrected chi connectivity index (χ2v) is 7.77. The molecular weight excluding hydrogens is 328 g/mol. The average molecular weight is 343 g/mol. The van der Waals surface area contributed by atoms with Crippen molar-refractivity contribution in [1.82, 2.24) is 0 Å². The maximum atomic E-state index is 12.5. The third-order valence-corrected chi connectivity index (χ3v) is 5.48. The first-order valence-corrected chi connectivity index (χ1v) is 9.00. The Kier molecular flexibility index (Phi) is 4.54. The van der Waals surface area contributed by atoms with Crippen molar-refractivity contribution >= 4 is 38.8 Å². The van der Waals surface area contributed by atoms with Crippen LogP contribution in [0.15, 0.2) is 17.0 Å². The Labute approximate surface area is 133 Å². The van der Waals surface area contributed by atoms with Crippen LogP contribution in [0, 0.1) is 12.8 Å². The molecule has 0 spiro atoms. The van der Waals surface area contributed by atoms with Gasteiger partial charge in [0.2, 0.25) is 0 Å². The molecule has 0 heterocycles. The maximum Gasteiger partial charge on any atom is 0.182 e. The van der Waals surface area contributed by atoms with Crippen molar-refractivity contribution in [3.63, 3.8) is 0 Å². The Morgan fingerprint density at radius 2 is 1.73 bits per heavy atom. The Balaban J connectivity index is 2.50. The first kappa shape index (κ1) is 16.8. The van der Waals surface area contributed by atoms with Gasteiger partial charge >= 0.3 is 0 Å². The van der Waals surface area contributed by atoms with E-state index >= 15 is 0 Å². The van der Waals surface area contributed by atoms with E-state index in [-0.39, 0.29) is 33.9 Å².